The average Bonchev–Trinajstić information content (AvgIpc) is 2.32. The maximum Gasteiger partial charge on any atom is 0.0462 e. The largest absolute Gasteiger partial charge is 0.312 e. The standard InChI is InChI=1S/C15H24ClNS/c1-5-12(4)18-15-8-6-7-14(16)13(15)10-17-9-11(2)3/h6-8,11-12,17H,5,9-10H2,1-4H3. The Morgan fingerprint density at radius 1 is 1.28 bits per heavy atom. The molecule has 1 aromatic carbocycles. The van der Waals surface area contributed by atoms with E-state index in [0.29, 0.717) is 11.2 Å². The van der Waals surface area contributed by atoms with E-state index in [0.717, 1.165) is 18.1 Å². The van der Waals surface area contributed by atoms with Gasteiger partial charge in [0.15, 0.2) is 0 Å². The number of nitrogens with one attached hydrogen (secondary N) is 1. The van der Waals surface area contributed by atoms with E-state index in [2.05, 4.69) is 39.1 Å². The van der Waals surface area contributed by atoms with Crippen molar-refractivity contribution in [2.75, 3.05) is 6.54 Å². The summed E-state index contributed by atoms with van der Waals surface area (Å²) in [4.78, 5) is 1.31. The van der Waals surface area contributed by atoms with E-state index < -0.39 is 0 Å². The van der Waals surface area contributed by atoms with Gasteiger partial charge in [0.05, 0.1) is 0 Å². The molecule has 1 nitrogen and oxygen atoms in total. The first-order valence-electron chi connectivity index (χ1n) is 6.69. The molecule has 0 aliphatic carbocycles. The number of thioether (sulfide) groups is 1. The second-order valence-corrected chi connectivity index (χ2v) is 6.97. The molecule has 0 saturated carbocycles. The first kappa shape index (κ1) is 15.9. The summed E-state index contributed by atoms with van der Waals surface area (Å²) in [7, 11) is 0. The minimum Gasteiger partial charge on any atom is -0.312 e. The molecule has 1 rings (SSSR count). The summed E-state index contributed by atoms with van der Waals surface area (Å²) in [6, 6.07) is 6.20. The molecular weight excluding hydrogens is 262 g/mol. The predicted octanol–water partition coefficient (Wildman–Crippen LogP) is 4.98. The predicted molar refractivity (Wildman–Crippen MR) is 83.6 cm³/mol. The van der Waals surface area contributed by atoms with E-state index in [1.165, 1.54) is 16.9 Å². The zero-order valence-corrected chi connectivity index (χ0v) is 13.4. The maximum absolute atomic E-state index is 6.32. The normalized spacial score (nSPS) is 13.0. The number of halogens is 1. The van der Waals surface area contributed by atoms with Gasteiger partial charge < -0.3 is 5.32 Å². The van der Waals surface area contributed by atoms with Crippen LogP contribution in [0.15, 0.2) is 23.1 Å². The van der Waals surface area contributed by atoms with Crippen LogP contribution in [0.25, 0.3) is 0 Å². The van der Waals surface area contributed by atoms with Crippen molar-refractivity contribution in [1.29, 1.82) is 0 Å². The van der Waals surface area contributed by atoms with Crippen LogP contribution < -0.4 is 5.32 Å². The van der Waals surface area contributed by atoms with Gasteiger partial charge in [0.25, 0.3) is 0 Å². The fourth-order valence-corrected chi connectivity index (χ4v) is 2.99. The Morgan fingerprint density at radius 2 is 2.00 bits per heavy atom. The van der Waals surface area contributed by atoms with Crippen molar-refractivity contribution in [3.05, 3.63) is 28.8 Å². The molecule has 1 N–H and O–H groups in total. The second kappa shape index (κ2) is 8.08. The minimum absolute atomic E-state index is 0.632. The zero-order chi connectivity index (χ0) is 13.5. The number of hydrogen-bond donors (Lipinski definition) is 1. The third kappa shape index (κ3) is 5.21. The summed E-state index contributed by atoms with van der Waals surface area (Å²) < 4.78 is 0. The van der Waals surface area contributed by atoms with E-state index in [1.54, 1.807) is 0 Å². The molecule has 18 heavy (non-hydrogen) atoms. The molecule has 0 aliphatic heterocycles. The molecule has 0 bridgehead atoms. The highest BCUT2D eigenvalue weighted by Gasteiger charge is 2.10. The van der Waals surface area contributed by atoms with Crippen molar-refractivity contribution < 1.29 is 0 Å². The lowest BCUT2D eigenvalue weighted by Gasteiger charge is -2.15. The number of hydrogen-bond acceptors (Lipinski definition) is 2. The highest BCUT2D eigenvalue weighted by atomic mass is 35.5. The molecule has 0 aliphatic rings. The number of benzene rings is 1. The van der Waals surface area contributed by atoms with Crippen molar-refractivity contribution in [3.8, 4) is 0 Å². The fourth-order valence-electron chi connectivity index (χ4n) is 1.61. The average molecular weight is 286 g/mol. The van der Waals surface area contributed by atoms with E-state index in [1.807, 2.05) is 23.9 Å². The topological polar surface area (TPSA) is 12.0 Å². The van der Waals surface area contributed by atoms with Crippen LogP contribution in [0.1, 0.15) is 39.7 Å². The molecule has 0 heterocycles. The molecule has 102 valence electrons. The molecule has 0 saturated heterocycles. The van der Waals surface area contributed by atoms with Gasteiger partial charge in [0.1, 0.15) is 0 Å². The second-order valence-electron chi connectivity index (χ2n) is 5.08. The summed E-state index contributed by atoms with van der Waals surface area (Å²) in [5.41, 5.74) is 1.24. The monoisotopic (exact) mass is 285 g/mol. The molecule has 0 fully saturated rings. The summed E-state index contributed by atoms with van der Waals surface area (Å²) >= 11 is 8.24. The Morgan fingerprint density at radius 3 is 2.61 bits per heavy atom. The van der Waals surface area contributed by atoms with E-state index >= 15 is 0 Å². The lowest BCUT2D eigenvalue weighted by molar-refractivity contribution is 0.550. The van der Waals surface area contributed by atoms with Crippen molar-refractivity contribution in [2.45, 2.75) is 50.8 Å². The highest BCUT2D eigenvalue weighted by molar-refractivity contribution is 8.00. The maximum atomic E-state index is 6.32. The van der Waals surface area contributed by atoms with E-state index in [9.17, 15) is 0 Å². The smallest absolute Gasteiger partial charge is 0.0462 e. The molecule has 0 radical (unpaired) electrons. The van der Waals surface area contributed by atoms with Crippen molar-refractivity contribution in [2.24, 2.45) is 5.92 Å². The zero-order valence-electron chi connectivity index (χ0n) is 11.8. The Hall–Kier alpha value is -0.180. The van der Waals surface area contributed by atoms with Gasteiger partial charge in [-0.3, -0.25) is 0 Å². The van der Waals surface area contributed by atoms with Crippen molar-refractivity contribution in [3.63, 3.8) is 0 Å². The van der Waals surface area contributed by atoms with Crippen LogP contribution in [0, 0.1) is 5.92 Å². The molecule has 0 aromatic heterocycles. The van der Waals surface area contributed by atoms with Crippen LogP contribution in [-0.4, -0.2) is 11.8 Å². The summed E-state index contributed by atoms with van der Waals surface area (Å²) in [5.74, 6) is 0.665. The first-order valence-corrected chi connectivity index (χ1v) is 7.95. The lowest BCUT2D eigenvalue weighted by Crippen LogP contribution is -2.19. The van der Waals surface area contributed by atoms with Gasteiger partial charge in [0.2, 0.25) is 0 Å². The van der Waals surface area contributed by atoms with Crippen molar-refractivity contribution >= 4 is 23.4 Å². The summed E-state index contributed by atoms with van der Waals surface area (Å²) in [5, 5.41) is 4.98. The first-order chi connectivity index (χ1) is 8.54. The van der Waals surface area contributed by atoms with E-state index in [-0.39, 0.29) is 0 Å². The van der Waals surface area contributed by atoms with Gasteiger partial charge in [-0.2, -0.15) is 0 Å². The van der Waals surface area contributed by atoms with Crippen LogP contribution in [0.5, 0.6) is 0 Å². The summed E-state index contributed by atoms with van der Waals surface area (Å²) in [6.45, 7) is 10.8. The minimum atomic E-state index is 0.632. The molecule has 0 spiro atoms. The van der Waals surface area contributed by atoms with Crippen LogP contribution in [0.4, 0.5) is 0 Å². The molecule has 3 heteroatoms. The highest BCUT2D eigenvalue weighted by Crippen LogP contribution is 2.32. The van der Waals surface area contributed by atoms with Crippen LogP contribution in [0.2, 0.25) is 5.02 Å². The van der Waals surface area contributed by atoms with Gasteiger partial charge in [-0.25, -0.2) is 0 Å². The summed E-state index contributed by atoms with van der Waals surface area (Å²) in [6.07, 6.45) is 1.18. The van der Waals surface area contributed by atoms with Gasteiger partial charge >= 0.3 is 0 Å². The van der Waals surface area contributed by atoms with Crippen molar-refractivity contribution in [1.82, 2.24) is 5.32 Å². The third-order valence-corrected chi connectivity index (χ3v) is 4.56. The quantitative estimate of drug-likeness (QED) is 0.710. The van der Waals surface area contributed by atoms with Crippen LogP contribution in [0.3, 0.4) is 0 Å². The fraction of sp³-hybridized carbons (Fsp3) is 0.600. The van der Waals surface area contributed by atoms with Gasteiger partial charge in [-0.05, 0) is 36.6 Å². The Labute approximate surface area is 121 Å². The number of rotatable bonds is 7. The molecule has 1 unspecified atom stereocenters. The van der Waals surface area contributed by atoms with Gasteiger partial charge in [0, 0.05) is 21.7 Å². The van der Waals surface area contributed by atoms with Gasteiger partial charge in [-0.15, -0.1) is 11.8 Å². The Kier molecular flexibility index (Phi) is 7.13. The molecular formula is C15H24ClNS. The molecule has 0 amide bonds. The SMILES string of the molecule is CCC(C)Sc1cccc(Cl)c1CNCC(C)C. The third-order valence-electron chi connectivity index (χ3n) is 2.83. The van der Waals surface area contributed by atoms with Crippen LogP contribution in [-0.2, 0) is 6.54 Å². The Bertz CT molecular complexity index is 366. The van der Waals surface area contributed by atoms with E-state index in [4.69, 9.17) is 11.6 Å². The lowest BCUT2D eigenvalue weighted by atomic mass is 10.2. The Balaban J connectivity index is 2.74. The van der Waals surface area contributed by atoms with Crippen LogP contribution >= 0.6 is 23.4 Å². The van der Waals surface area contributed by atoms with Gasteiger partial charge in [-0.1, -0.05) is 45.4 Å². The molecule has 1 aromatic rings. The molecule has 1 atom stereocenters.